The number of fused-ring (bicyclic) bond motifs is 2. The number of hydrogen-bond acceptors (Lipinski definition) is 10. The molecule has 0 aromatic carbocycles. The van der Waals surface area contributed by atoms with E-state index >= 15 is 0 Å². The van der Waals surface area contributed by atoms with Gasteiger partial charge in [-0.3, -0.25) is 18.1 Å². The Kier molecular flexibility index (Phi) is 3.79. The molecule has 24 heavy (non-hydrogen) atoms. The fourth-order valence-corrected chi connectivity index (χ4v) is 4.24. The quantitative estimate of drug-likeness (QED) is 0.732. The first-order chi connectivity index (χ1) is 11.5. The number of anilines is 1. The van der Waals surface area contributed by atoms with E-state index in [0.717, 1.165) is 0 Å². The third kappa shape index (κ3) is 2.41. The lowest BCUT2D eigenvalue weighted by atomic mass is 10.1. The van der Waals surface area contributed by atoms with Crippen LogP contribution in [0.25, 0.3) is 11.2 Å². The number of aromatic nitrogens is 4. The number of phosphoric acid groups is 1. The minimum atomic E-state index is -3.69. The molecule has 0 amide bonds. The summed E-state index contributed by atoms with van der Waals surface area (Å²) in [6.45, 7) is 1.82. The van der Waals surface area contributed by atoms with Crippen LogP contribution in [0.1, 0.15) is 13.2 Å². The summed E-state index contributed by atoms with van der Waals surface area (Å²) in [4.78, 5) is 12.1. The van der Waals surface area contributed by atoms with Crippen molar-refractivity contribution >= 4 is 24.8 Å². The van der Waals surface area contributed by atoms with Gasteiger partial charge in [0.2, 0.25) is 0 Å². The molecule has 2 aliphatic rings. The van der Waals surface area contributed by atoms with Crippen LogP contribution in [0.2, 0.25) is 0 Å². The summed E-state index contributed by atoms with van der Waals surface area (Å²) in [7, 11) is -3.69. The average Bonchev–Trinajstić information content (AvgIpc) is 3.10. The number of hydrogen-bond donors (Lipinski definition) is 2. The SMILES string of the molecule is CCO[P@]1(=O)OC[C@@H]2O[C@H](n3cnc4c(N)ncnc43)[C@H](O)[C@H]2O1. The van der Waals surface area contributed by atoms with Gasteiger partial charge in [0.25, 0.3) is 0 Å². The normalized spacial score (nSPS) is 36.1. The zero-order valence-corrected chi connectivity index (χ0v) is 13.6. The van der Waals surface area contributed by atoms with Crippen LogP contribution in [0.3, 0.4) is 0 Å². The molecular formula is C12H16N5O6P. The largest absolute Gasteiger partial charge is 0.475 e. The third-order valence-electron chi connectivity index (χ3n) is 3.91. The van der Waals surface area contributed by atoms with Crippen molar-refractivity contribution < 1.29 is 28.0 Å². The maximum absolute atomic E-state index is 12.3. The molecule has 2 saturated heterocycles. The Morgan fingerprint density at radius 3 is 3.12 bits per heavy atom. The summed E-state index contributed by atoms with van der Waals surface area (Å²) in [5, 5.41) is 10.6. The van der Waals surface area contributed by atoms with Crippen molar-refractivity contribution in [1.29, 1.82) is 0 Å². The average molecular weight is 357 g/mol. The molecule has 0 aliphatic carbocycles. The number of nitrogens with two attached hydrogens (primary N) is 1. The molecule has 0 saturated carbocycles. The van der Waals surface area contributed by atoms with E-state index in [2.05, 4.69) is 15.0 Å². The number of aliphatic hydroxyl groups excluding tert-OH is 1. The van der Waals surface area contributed by atoms with Crippen molar-refractivity contribution in [3.8, 4) is 0 Å². The Morgan fingerprint density at radius 2 is 2.33 bits per heavy atom. The molecule has 0 radical (unpaired) electrons. The fraction of sp³-hybridized carbons (Fsp3) is 0.583. The van der Waals surface area contributed by atoms with E-state index in [4.69, 9.17) is 24.0 Å². The van der Waals surface area contributed by atoms with Crippen molar-refractivity contribution in [3.63, 3.8) is 0 Å². The Bertz CT molecular complexity index is 814. The molecule has 0 spiro atoms. The van der Waals surface area contributed by atoms with E-state index in [9.17, 15) is 9.67 Å². The monoisotopic (exact) mass is 357 g/mol. The molecule has 2 aromatic heterocycles. The number of nitrogen functional groups attached to an aromatic ring is 1. The molecule has 4 rings (SSSR count). The zero-order chi connectivity index (χ0) is 16.9. The molecule has 12 heteroatoms. The predicted molar refractivity (Wildman–Crippen MR) is 79.7 cm³/mol. The lowest BCUT2D eigenvalue weighted by Crippen LogP contribution is -2.39. The van der Waals surface area contributed by atoms with Gasteiger partial charge < -0.3 is 15.6 Å². The van der Waals surface area contributed by atoms with Crippen LogP contribution in [-0.2, 0) is 22.9 Å². The number of ether oxygens (including phenoxy) is 1. The smallest absolute Gasteiger partial charge is 0.386 e. The van der Waals surface area contributed by atoms with E-state index in [1.165, 1.54) is 17.2 Å². The van der Waals surface area contributed by atoms with Gasteiger partial charge in [0.05, 0.1) is 19.5 Å². The molecule has 2 aliphatic heterocycles. The second kappa shape index (κ2) is 5.73. The summed E-state index contributed by atoms with van der Waals surface area (Å²) < 4.78 is 35.1. The van der Waals surface area contributed by atoms with Gasteiger partial charge in [-0.2, -0.15) is 0 Å². The lowest BCUT2D eigenvalue weighted by Gasteiger charge is -2.30. The minimum Gasteiger partial charge on any atom is -0.386 e. The summed E-state index contributed by atoms with van der Waals surface area (Å²) in [5.74, 6) is 0.226. The second-order valence-corrected chi connectivity index (χ2v) is 6.99. The van der Waals surface area contributed by atoms with E-state index in [1.54, 1.807) is 6.92 Å². The third-order valence-corrected chi connectivity index (χ3v) is 5.45. The molecule has 0 unspecified atom stereocenters. The number of rotatable bonds is 3. The van der Waals surface area contributed by atoms with Crippen molar-refractivity contribution in [3.05, 3.63) is 12.7 Å². The highest BCUT2D eigenvalue weighted by atomic mass is 31.2. The maximum Gasteiger partial charge on any atom is 0.475 e. The van der Waals surface area contributed by atoms with Crippen LogP contribution < -0.4 is 5.73 Å². The summed E-state index contributed by atoms with van der Waals surface area (Å²) >= 11 is 0. The molecule has 3 N–H and O–H groups in total. The van der Waals surface area contributed by atoms with E-state index in [1.807, 2.05) is 0 Å². The Labute approximate surface area is 136 Å². The number of nitrogens with zero attached hydrogens (tertiary/aromatic N) is 4. The molecule has 0 bridgehead atoms. The Hall–Kier alpha value is -1.62. The Balaban J connectivity index is 1.64. The summed E-state index contributed by atoms with van der Waals surface area (Å²) in [6.07, 6.45) is -0.642. The highest BCUT2D eigenvalue weighted by molar-refractivity contribution is 7.48. The van der Waals surface area contributed by atoms with Gasteiger partial charge in [0, 0.05) is 0 Å². The van der Waals surface area contributed by atoms with Crippen molar-refractivity contribution in [2.75, 3.05) is 18.9 Å². The first-order valence-corrected chi connectivity index (χ1v) is 8.82. The van der Waals surface area contributed by atoms with Gasteiger partial charge in [-0.1, -0.05) is 0 Å². The molecule has 130 valence electrons. The standard InChI is InChI=1S/C12H16N5O6P/c1-2-20-24(19)21-3-6-9(23-24)8(18)12(22-6)17-5-16-7-10(13)14-4-15-11(7)17/h4-6,8-9,12,18H,2-3H2,1H3,(H2,13,14,15)/t6-,8+,9-,12-,24+/m0/s1. The van der Waals surface area contributed by atoms with Crippen LogP contribution >= 0.6 is 7.82 Å². The van der Waals surface area contributed by atoms with E-state index in [-0.39, 0.29) is 19.0 Å². The minimum absolute atomic E-state index is 0.0146. The van der Waals surface area contributed by atoms with Crippen molar-refractivity contribution in [2.24, 2.45) is 0 Å². The van der Waals surface area contributed by atoms with Crippen LogP contribution in [0.15, 0.2) is 12.7 Å². The highest BCUT2D eigenvalue weighted by Crippen LogP contribution is 2.56. The topological polar surface area (TPSA) is 144 Å². The van der Waals surface area contributed by atoms with E-state index in [0.29, 0.717) is 11.2 Å². The first kappa shape index (κ1) is 15.9. The van der Waals surface area contributed by atoms with Crippen LogP contribution in [0.5, 0.6) is 0 Å². The zero-order valence-electron chi connectivity index (χ0n) is 12.7. The summed E-state index contributed by atoms with van der Waals surface area (Å²) in [6, 6.07) is 0. The van der Waals surface area contributed by atoms with Crippen molar-refractivity contribution in [2.45, 2.75) is 31.5 Å². The first-order valence-electron chi connectivity index (χ1n) is 7.36. The van der Waals surface area contributed by atoms with Gasteiger partial charge >= 0.3 is 7.82 Å². The number of imidazole rings is 1. The van der Waals surface area contributed by atoms with Crippen molar-refractivity contribution in [1.82, 2.24) is 19.5 Å². The lowest BCUT2D eigenvalue weighted by molar-refractivity contribution is -0.0701. The predicted octanol–water partition coefficient (Wildman–Crippen LogP) is 0.227. The van der Waals surface area contributed by atoms with E-state index < -0.39 is 32.4 Å². The van der Waals surface area contributed by atoms with Gasteiger partial charge in [0.1, 0.15) is 30.2 Å². The summed E-state index contributed by atoms with van der Waals surface area (Å²) in [5.41, 5.74) is 6.58. The highest BCUT2D eigenvalue weighted by Gasteiger charge is 2.53. The molecule has 2 fully saturated rings. The van der Waals surface area contributed by atoms with Gasteiger partial charge in [-0.25, -0.2) is 19.5 Å². The molecule has 4 heterocycles. The van der Waals surface area contributed by atoms with Gasteiger partial charge in [0.15, 0.2) is 17.7 Å². The second-order valence-electron chi connectivity index (χ2n) is 5.37. The van der Waals surface area contributed by atoms with Crippen LogP contribution in [0, 0.1) is 0 Å². The van der Waals surface area contributed by atoms with Crippen LogP contribution in [0.4, 0.5) is 5.82 Å². The van der Waals surface area contributed by atoms with Gasteiger partial charge in [-0.15, -0.1) is 0 Å². The molecule has 2 aromatic rings. The van der Waals surface area contributed by atoms with Gasteiger partial charge in [-0.05, 0) is 6.92 Å². The number of aliphatic hydroxyl groups is 1. The number of phosphoric ester groups is 1. The molecule has 11 nitrogen and oxygen atoms in total. The maximum atomic E-state index is 12.3. The molecule has 5 atom stereocenters. The van der Waals surface area contributed by atoms with Crippen LogP contribution in [-0.4, -0.2) is 56.2 Å². The fourth-order valence-electron chi connectivity index (χ4n) is 2.84. The Morgan fingerprint density at radius 1 is 1.50 bits per heavy atom. The molecular weight excluding hydrogens is 341 g/mol.